The van der Waals surface area contributed by atoms with Crippen LogP contribution in [-0.2, 0) is 32.7 Å². The monoisotopic (exact) mass is 812 g/mol. The summed E-state index contributed by atoms with van der Waals surface area (Å²) >= 11 is 7.78. The Kier molecular flexibility index (Phi) is 14.3. The molecule has 1 spiro atoms. The Hall–Kier alpha value is -3.53. The number of carbonyl (C=O) groups is 3. The minimum absolute atomic E-state index is 0.0400. The molecule has 55 heavy (non-hydrogen) atoms. The number of thiophene rings is 1. The second-order valence-corrected chi connectivity index (χ2v) is 18.5. The Labute approximate surface area is 334 Å². The van der Waals surface area contributed by atoms with E-state index < -0.39 is 28.2 Å². The van der Waals surface area contributed by atoms with Crippen LogP contribution in [0.25, 0.3) is 0 Å². The summed E-state index contributed by atoms with van der Waals surface area (Å²) < 4.78 is 31.5. The molecule has 3 heterocycles. The minimum atomic E-state index is -3.33. The predicted molar refractivity (Wildman–Crippen MR) is 215 cm³/mol. The maximum atomic E-state index is 14.6. The highest BCUT2D eigenvalue weighted by molar-refractivity contribution is 7.88. The van der Waals surface area contributed by atoms with Gasteiger partial charge in [-0.2, -0.15) is 0 Å². The van der Waals surface area contributed by atoms with Crippen LogP contribution < -0.4 is 20.1 Å². The molecule has 3 aliphatic rings. The van der Waals surface area contributed by atoms with E-state index in [9.17, 15) is 22.8 Å². The van der Waals surface area contributed by atoms with E-state index in [1.165, 1.54) is 28.2 Å². The molecule has 2 aromatic carbocycles. The van der Waals surface area contributed by atoms with Gasteiger partial charge in [-0.05, 0) is 86.0 Å². The van der Waals surface area contributed by atoms with Crippen molar-refractivity contribution in [2.75, 3.05) is 45.5 Å². The molecule has 1 aliphatic carbocycles. The first kappa shape index (κ1) is 41.1. The van der Waals surface area contributed by atoms with E-state index in [0.717, 1.165) is 56.5 Å². The van der Waals surface area contributed by atoms with Crippen molar-refractivity contribution < 1.29 is 27.5 Å². The zero-order valence-electron chi connectivity index (χ0n) is 31.5. The number of ether oxygens (including phenoxy) is 1. The van der Waals surface area contributed by atoms with Crippen molar-refractivity contribution in [3.05, 3.63) is 87.6 Å². The number of rotatable bonds is 15. The number of carbonyl (C=O) groups excluding carboxylic acids is 3. The van der Waals surface area contributed by atoms with Gasteiger partial charge in [0.1, 0.15) is 6.04 Å². The second-order valence-electron chi connectivity index (χ2n) is 15.2. The first-order valence-corrected chi connectivity index (χ1v) is 22.4. The van der Waals surface area contributed by atoms with Crippen molar-refractivity contribution >= 4 is 50.9 Å². The molecule has 0 radical (unpaired) electrons. The molecule has 0 bridgehead atoms. The van der Waals surface area contributed by atoms with Crippen LogP contribution in [0.1, 0.15) is 61.8 Å². The van der Waals surface area contributed by atoms with Crippen LogP contribution >= 0.6 is 22.9 Å². The SMILES string of the molecule is CS(=O)(=O)NCCCC[C@@H](NC1CCC2(CC1)CCN(Cc1ccccc1)C2)C(=O)N1CCN(C(=O)Oc2ccccc2Cl)C[C@H]1C(=O)NCc1cccs1. The Balaban J connectivity index is 1.13. The Morgan fingerprint density at radius 3 is 2.45 bits per heavy atom. The number of unbranched alkanes of at least 4 members (excludes halogenated alkanes) is 1. The van der Waals surface area contributed by atoms with E-state index in [4.69, 9.17) is 16.3 Å². The van der Waals surface area contributed by atoms with Gasteiger partial charge in [-0.15, -0.1) is 11.3 Å². The van der Waals surface area contributed by atoms with E-state index in [-0.39, 0.29) is 55.2 Å². The first-order chi connectivity index (χ1) is 26.5. The van der Waals surface area contributed by atoms with Gasteiger partial charge in [0.15, 0.2) is 5.75 Å². The number of hydrogen-bond donors (Lipinski definition) is 3. The van der Waals surface area contributed by atoms with E-state index in [0.29, 0.717) is 30.8 Å². The molecule has 0 unspecified atom stereocenters. The Morgan fingerprint density at radius 1 is 0.964 bits per heavy atom. The van der Waals surface area contributed by atoms with Crippen LogP contribution in [0.3, 0.4) is 0 Å². The number of benzene rings is 2. The lowest BCUT2D eigenvalue weighted by Gasteiger charge is -2.43. The van der Waals surface area contributed by atoms with Crippen molar-refractivity contribution in [2.24, 2.45) is 5.41 Å². The molecule has 6 rings (SSSR count). The average molecular weight is 813 g/mol. The molecule has 298 valence electrons. The number of hydrogen-bond acceptors (Lipinski definition) is 9. The molecule has 1 saturated carbocycles. The minimum Gasteiger partial charge on any atom is -0.409 e. The lowest BCUT2D eigenvalue weighted by atomic mass is 9.72. The molecule has 15 heteroatoms. The van der Waals surface area contributed by atoms with E-state index in [2.05, 4.69) is 50.6 Å². The third-order valence-corrected chi connectivity index (χ3v) is 13.0. The van der Waals surface area contributed by atoms with Gasteiger partial charge < -0.3 is 25.2 Å². The fraction of sp³-hybridized carbons (Fsp3) is 0.525. The topological polar surface area (TPSA) is 140 Å². The molecule has 1 aromatic heterocycles. The molecular formula is C40H53ClN6O6S2. The molecule has 2 saturated heterocycles. The highest BCUT2D eigenvalue weighted by atomic mass is 35.5. The van der Waals surface area contributed by atoms with Crippen LogP contribution in [0.4, 0.5) is 4.79 Å². The summed E-state index contributed by atoms with van der Waals surface area (Å²) in [5, 5.41) is 8.93. The quantitative estimate of drug-likeness (QED) is 0.177. The fourth-order valence-corrected chi connectivity index (χ4v) is 9.47. The number of likely N-dealkylation sites (tertiary alicyclic amines) is 1. The number of para-hydroxylation sites is 1. The second kappa shape index (κ2) is 19.1. The first-order valence-electron chi connectivity index (χ1n) is 19.3. The molecule has 12 nitrogen and oxygen atoms in total. The average Bonchev–Trinajstić information content (AvgIpc) is 3.84. The summed E-state index contributed by atoms with van der Waals surface area (Å²) in [6.45, 7) is 4.00. The predicted octanol–water partition coefficient (Wildman–Crippen LogP) is 5.24. The summed E-state index contributed by atoms with van der Waals surface area (Å²) in [5.74, 6) is -0.326. The van der Waals surface area contributed by atoms with Gasteiger partial charge in [0.25, 0.3) is 0 Å². The van der Waals surface area contributed by atoms with Crippen LogP contribution in [0.5, 0.6) is 5.75 Å². The largest absolute Gasteiger partial charge is 0.415 e. The van der Waals surface area contributed by atoms with Gasteiger partial charge in [0.05, 0.1) is 30.4 Å². The van der Waals surface area contributed by atoms with Gasteiger partial charge in [-0.3, -0.25) is 14.5 Å². The van der Waals surface area contributed by atoms with Gasteiger partial charge in [0, 0.05) is 43.6 Å². The summed E-state index contributed by atoms with van der Waals surface area (Å²) in [6, 6.07) is 19.8. The molecular weight excluding hydrogens is 760 g/mol. The molecule has 3 fully saturated rings. The third-order valence-electron chi connectivity index (χ3n) is 11.1. The van der Waals surface area contributed by atoms with E-state index >= 15 is 0 Å². The van der Waals surface area contributed by atoms with Crippen molar-refractivity contribution in [3.63, 3.8) is 0 Å². The van der Waals surface area contributed by atoms with Crippen LogP contribution in [0, 0.1) is 5.41 Å². The third kappa shape index (κ3) is 11.7. The van der Waals surface area contributed by atoms with Crippen molar-refractivity contribution in [3.8, 4) is 5.75 Å². The fourth-order valence-electron chi connectivity index (χ4n) is 8.13. The van der Waals surface area contributed by atoms with Gasteiger partial charge in [-0.25, -0.2) is 17.9 Å². The highest BCUT2D eigenvalue weighted by Crippen LogP contribution is 2.44. The van der Waals surface area contributed by atoms with Crippen LogP contribution in [-0.4, -0.2) is 105 Å². The Bertz CT molecular complexity index is 1840. The molecule has 3 aromatic rings. The number of amides is 3. The summed E-state index contributed by atoms with van der Waals surface area (Å²) in [7, 11) is -3.33. The smallest absolute Gasteiger partial charge is 0.409 e. The number of piperazine rings is 1. The summed E-state index contributed by atoms with van der Waals surface area (Å²) in [5.41, 5.74) is 1.62. The van der Waals surface area contributed by atoms with E-state index in [1.54, 1.807) is 29.2 Å². The standard InChI is InChI=1S/C40H53ClN6O6S2/c1-55(51,52)43-21-8-7-14-34(44-31-16-18-40(19-17-31)20-22-45(29-40)27-30-10-3-2-4-11-30)38(49)47-24-23-46(39(50)53-36-15-6-5-13-33(36)41)28-35(47)37(48)42-26-32-12-9-25-54-32/h2-6,9-13,15,25,31,34-35,43-44H,7-8,14,16-24,26-29H2,1H3,(H,42,48)/t31?,34-,35+,40?/m1/s1. The molecule has 3 amide bonds. The molecule has 3 N–H and O–H groups in total. The lowest BCUT2D eigenvalue weighted by molar-refractivity contribution is -0.145. The number of sulfonamides is 1. The number of halogens is 1. The van der Waals surface area contributed by atoms with Crippen LogP contribution in [0.2, 0.25) is 5.02 Å². The number of nitrogens with one attached hydrogen (secondary N) is 3. The van der Waals surface area contributed by atoms with Gasteiger partial charge in [-0.1, -0.05) is 66.6 Å². The normalized spacial score (nSPS) is 22.4. The van der Waals surface area contributed by atoms with Crippen molar-refractivity contribution in [1.29, 1.82) is 0 Å². The lowest BCUT2D eigenvalue weighted by Crippen LogP contribution is -2.64. The summed E-state index contributed by atoms with van der Waals surface area (Å²) in [6.07, 6.45) is 7.37. The van der Waals surface area contributed by atoms with Crippen molar-refractivity contribution in [2.45, 2.75) is 82.6 Å². The zero-order valence-corrected chi connectivity index (χ0v) is 33.8. The highest BCUT2D eigenvalue weighted by Gasteiger charge is 2.43. The zero-order chi connectivity index (χ0) is 38.8. The molecule has 2 atom stereocenters. The van der Waals surface area contributed by atoms with Gasteiger partial charge in [0.2, 0.25) is 21.8 Å². The van der Waals surface area contributed by atoms with Crippen molar-refractivity contribution in [1.82, 2.24) is 30.1 Å². The molecule has 2 aliphatic heterocycles. The Morgan fingerprint density at radius 2 is 1.73 bits per heavy atom. The maximum Gasteiger partial charge on any atom is 0.415 e. The maximum absolute atomic E-state index is 14.6. The number of nitrogens with zero attached hydrogens (tertiary/aromatic N) is 3. The van der Waals surface area contributed by atoms with E-state index in [1.807, 2.05) is 17.5 Å². The van der Waals surface area contributed by atoms with Gasteiger partial charge >= 0.3 is 6.09 Å². The van der Waals surface area contributed by atoms with Crippen LogP contribution in [0.15, 0.2) is 72.1 Å². The summed E-state index contributed by atoms with van der Waals surface area (Å²) in [4.78, 5) is 48.5.